The molecule has 2 heterocycles. The first-order valence-electron chi connectivity index (χ1n) is 6.38. The highest BCUT2D eigenvalue weighted by Gasteiger charge is 2.19. The normalized spacial score (nSPS) is 11.6. The van der Waals surface area contributed by atoms with Crippen LogP contribution in [0.1, 0.15) is 25.5 Å². The van der Waals surface area contributed by atoms with Crippen LogP contribution >= 0.6 is 0 Å². The second-order valence-electron chi connectivity index (χ2n) is 5.09. The van der Waals surface area contributed by atoms with Gasteiger partial charge in [0, 0.05) is 35.6 Å². The molecule has 3 rings (SSSR count). The van der Waals surface area contributed by atoms with Gasteiger partial charge < -0.3 is 14.7 Å². The Morgan fingerprint density at radius 2 is 2.00 bits per heavy atom. The number of rotatable bonds is 2. The predicted molar refractivity (Wildman–Crippen MR) is 76.9 cm³/mol. The maximum absolute atomic E-state index is 5.72. The molecule has 1 aromatic carbocycles. The van der Waals surface area contributed by atoms with Crippen molar-refractivity contribution in [2.24, 2.45) is 7.05 Å². The minimum atomic E-state index is 0.228. The van der Waals surface area contributed by atoms with E-state index in [2.05, 4.69) is 41.7 Å². The SMILES string of the molecule is CC(C)c1oc(N)nc1-c1cn(C)c2ccccc12. The Bertz CT molecular complexity index is 737. The molecule has 98 valence electrons. The van der Waals surface area contributed by atoms with Gasteiger partial charge in [0.05, 0.1) is 0 Å². The summed E-state index contributed by atoms with van der Waals surface area (Å²) >= 11 is 0. The Labute approximate surface area is 111 Å². The van der Waals surface area contributed by atoms with Crippen LogP contribution in [0.25, 0.3) is 22.2 Å². The Balaban J connectivity index is 2.31. The number of aromatic nitrogens is 2. The Morgan fingerprint density at radius 1 is 1.26 bits per heavy atom. The second-order valence-corrected chi connectivity index (χ2v) is 5.09. The van der Waals surface area contributed by atoms with Crippen LogP contribution in [0.3, 0.4) is 0 Å². The number of aryl methyl sites for hydroxylation is 1. The van der Waals surface area contributed by atoms with Gasteiger partial charge in [-0.3, -0.25) is 0 Å². The molecule has 0 fully saturated rings. The average molecular weight is 255 g/mol. The highest BCUT2D eigenvalue weighted by molar-refractivity contribution is 5.95. The van der Waals surface area contributed by atoms with Gasteiger partial charge in [0.25, 0.3) is 6.01 Å². The van der Waals surface area contributed by atoms with Crippen LogP contribution in [-0.4, -0.2) is 9.55 Å². The number of fused-ring (bicyclic) bond motifs is 1. The van der Waals surface area contributed by atoms with Gasteiger partial charge in [-0.25, -0.2) is 0 Å². The number of oxazole rings is 1. The van der Waals surface area contributed by atoms with Crippen molar-refractivity contribution in [3.8, 4) is 11.3 Å². The summed E-state index contributed by atoms with van der Waals surface area (Å²) in [5.74, 6) is 1.09. The number of nitrogens with two attached hydrogens (primary N) is 1. The molecule has 4 heteroatoms. The average Bonchev–Trinajstić information content (AvgIpc) is 2.91. The van der Waals surface area contributed by atoms with Crippen LogP contribution in [0.2, 0.25) is 0 Å². The van der Waals surface area contributed by atoms with Gasteiger partial charge in [0.2, 0.25) is 0 Å². The molecule has 0 unspecified atom stereocenters. The van der Waals surface area contributed by atoms with Crippen molar-refractivity contribution in [3.63, 3.8) is 0 Å². The summed E-state index contributed by atoms with van der Waals surface area (Å²) in [5.41, 5.74) is 8.82. The van der Waals surface area contributed by atoms with E-state index < -0.39 is 0 Å². The quantitative estimate of drug-likeness (QED) is 0.762. The Hall–Kier alpha value is -2.23. The lowest BCUT2D eigenvalue weighted by Crippen LogP contribution is -1.88. The molecule has 0 radical (unpaired) electrons. The number of hydrogen-bond donors (Lipinski definition) is 1. The van der Waals surface area contributed by atoms with Crippen LogP contribution in [0.15, 0.2) is 34.9 Å². The highest BCUT2D eigenvalue weighted by Crippen LogP contribution is 2.35. The van der Waals surface area contributed by atoms with Gasteiger partial charge in [0.15, 0.2) is 0 Å². The van der Waals surface area contributed by atoms with Crippen molar-refractivity contribution in [1.29, 1.82) is 0 Å². The molecule has 0 aliphatic rings. The third-order valence-corrected chi connectivity index (χ3v) is 3.35. The maximum Gasteiger partial charge on any atom is 0.292 e. The Morgan fingerprint density at radius 3 is 2.74 bits per heavy atom. The van der Waals surface area contributed by atoms with Crippen molar-refractivity contribution in [2.75, 3.05) is 5.73 Å². The second kappa shape index (κ2) is 4.16. The molecule has 0 aliphatic carbocycles. The fourth-order valence-electron chi connectivity index (χ4n) is 2.46. The first kappa shape index (κ1) is 11.8. The van der Waals surface area contributed by atoms with Gasteiger partial charge in [-0.15, -0.1) is 0 Å². The summed E-state index contributed by atoms with van der Waals surface area (Å²) in [6.45, 7) is 4.16. The molecule has 2 N–H and O–H groups in total. The molecule has 3 aromatic rings. The first-order chi connectivity index (χ1) is 9.08. The minimum Gasteiger partial charge on any atom is -0.428 e. The fourth-order valence-corrected chi connectivity index (χ4v) is 2.46. The molecule has 0 amide bonds. The maximum atomic E-state index is 5.72. The standard InChI is InChI=1S/C15H17N3O/c1-9(2)14-13(17-15(16)19-14)11-8-18(3)12-7-5-4-6-10(11)12/h4-9H,1-3H3,(H2,16,17). The third kappa shape index (κ3) is 1.80. The van der Waals surface area contributed by atoms with Crippen molar-refractivity contribution < 1.29 is 4.42 Å². The molecule has 0 bridgehead atoms. The van der Waals surface area contributed by atoms with E-state index in [0.717, 1.165) is 17.0 Å². The van der Waals surface area contributed by atoms with Crippen LogP contribution < -0.4 is 5.73 Å². The number of anilines is 1. The van der Waals surface area contributed by atoms with E-state index in [1.807, 2.05) is 19.2 Å². The molecule has 0 spiro atoms. The monoisotopic (exact) mass is 255 g/mol. The van der Waals surface area contributed by atoms with Crippen molar-refractivity contribution in [2.45, 2.75) is 19.8 Å². The molecule has 0 aliphatic heterocycles. The summed E-state index contributed by atoms with van der Waals surface area (Å²) in [6, 6.07) is 8.49. The van der Waals surface area contributed by atoms with Gasteiger partial charge in [-0.05, 0) is 6.07 Å². The number of benzene rings is 1. The lowest BCUT2D eigenvalue weighted by atomic mass is 10.0. The number of nitrogens with zero attached hydrogens (tertiary/aromatic N) is 2. The third-order valence-electron chi connectivity index (χ3n) is 3.35. The molecule has 2 aromatic heterocycles. The minimum absolute atomic E-state index is 0.228. The van der Waals surface area contributed by atoms with E-state index in [-0.39, 0.29) is 11.9 Å². The lowest BCUT2D eigenvalue weighted by Gasteiger charge is -2.02. The lowest BCUT2D eigenvalue weighted by molar-refractivity contribution is 0.500. The van der Waals surface area contributed by atoms with Crippen LogP contribution in [0.5, 0.6) is 0 Å². The molecule has 4 nitrogen and oxygen atoms in total. The van der Waals surface area contributed by atoms with Gasteiger partial charge >= 0.3 is 0 Å². The van der Waals surface area contributed by atoms with Gasteiger partial charge in [-0.1, -0.05) is 32.0 Å². The number of para-hydroxylation sites is 1. The highest BCUT2D eigenvalue weighted by atomic mass is 16.4. The smallest absolute Gasteiger partial charge is 0.292 e. The van der Waals surface area contributed by atoms with E-state index in [1.54, 1.807) is 0 Å². The summed E-state index contributed by atoms with van der Waals surface area (Å²) < 4.78 is 7.64. The summed E-state index contributed by atoms with van der Waals surface area (Å²) in [7, 11) is 2.03. The van der Waals surface area contributed by atoms with E-state index in [1.165, 1.54) is 10.9 Å². The van der Waals surface area contributed by atoms with Crippen molar-refractivity contribution >= 4 is 16.9 Å². The zero-order valence-electron chi connectivity index (χ0n) is 11.3. The number of nitrogen functional groups attached to an aromatic ring is 1. The molecular formula is C15H17N3O. The number of hydrogen-bond acceptors (Lipinski definition) is 3. The van der Waals surface area contributed by atoms with E-state index in [0.29, 0.717) is 0 Å². The van der Waals surface area contributed by atoms with Crippen molar-refractivity contribution in [3.05, 3.63) is 36.2 Å². The largest absolute Gasteiger partial charge is 0.428 e. The summed E-state index contributed by atoms with van der Waals surface area (Å²) in [6.07, 6.45) is 2.08. The molecule has 0 saturated heterocycles. The molecule has 0 saturated carbocycles. The van der Waals surface area contributed by atoms with Gasteiger partial charge in [-0.2, -0.15) is 4.98 Å². The summed E-state index contributed by atoms with van der Waals surface area (Å²) in [4.78, 5) is 4.36. The van der Waals surface area contributed by atoms with Crippen molar-refractivity contribution in [1.82, 2.24) is 9.55 Å². The van der Waals surface area contributed by atoms with Crippen LogP contribution in [0.4, 0.5) is 6.01 Å². The van der Waals surface area contributed by atoms with Gasteiger partial charge in [0.1, 0.15) is 11.5 Å². The topological polar surface area (TPSA) is 57.0 Å². The van der Waals surface area contributed by atoms with E-state index in [9.17, 15) is 0 Å². The van der Waals surface area contributed by atoms with E-state index >= 15 is 0 Å². The zero-order valence-corrected chi connectivity index (χ0v) is 11.3. The van der Waals surface area contributed by atoms with E-state index in [4.69, 9.17) is 10.2 Å². The fraction of sp³-hybridized carbons (Fsp3) is 0.267. The predicted octanol–water partition coefficient (Wildman–Crippen LogP) is 3.54. The Kier molecular flexibility index (Phi) is 2.59. The molecule has 0 atom stereocenters. The summed E-state index contributed by atoms with van der Waals surface area (Å²) in [5, 5.41) is 1.17. The van der Waals surface area contributed by atoms with Crippen LogP contribution in [0, 0.1) is 0 Å². The first-order valence-corrected chi connectivity index (χ1v) is 6.38. The molecule has 19 heavy (non-hydrogen) atoms. The zero-order chi connectivity index (χ0) is 13.6. The molecular weight excluding hydrogens is 238 g/mol. The van der Waals surface area contributed by atoms with Crippen LogP contribution in [-0.2, 0) is 7.05 Å².